The number of rotatable bonds is 8. The van der Waals surface area contributed by atoms with Gasteiger partial charge in [0.2, 0.25) is 5.91 Å². The van der Waals surface area contributed by atoms with Crippen molar-refractivity contribution in [3.63, 3.8) is 0 Å². The van der Waals surface area contributed by atoms with Crippen LogP contribution >= 0.6 is 11.3 Å². The molecule has 0 saturated carbocycles. The first-order valence-corrected chi connectivity index (χ1v) is 9.59. The average Bonchev–Trinajstić information content (AvgIpc) is 3.17. The number of ether oxygens (including phenoxy) is 1. The normalized spacial score (nSPS) is 10.5. The van der Waals surface area contributed by atoms with Crippen molar-refractivity contribution in [1.29, 1.82) is 0 Å². The lowest BCUT2D eigenvalue weighted by molar-refractivity contribution is -0.131. The molecule has 0 saturated heterocycles. The summed E-state index contributed by atoms with van der Waals surface area (Å²) in [6.07, 6.45) is 2.12. The maximum Gasteiger partial charge on any atom is 0.227 e. The molecule has 0 radical (unpaired) electrons. The molecule has 3 aromatic rings. The van der Waals surface area contributed by atoms with Gasteiger partial charge in [0.1, 0.15) is 5.75 Å². The first-order chi connectivity index (χ1) is 12.7. The summed E-state index contributed by atoms with van der Waals surface area (Å²) >= 11 is 1.64. The van der Waals surface area contributed by atoms with E-state index in [-0.39, 0.29) is 5.91 Å². The average molecular weight is 366 g/mol. The lowest BCUT2D eigenvalue weighted by Gasteiger charge is -2.22. The molecule has 0 fully saturated rings. The third-order valence-corrected chi connectivity index (χ3v) is 4.71. The standard InChI is InChI=1S/C21H22N2O2S/c1-2-25-20-8-6-17(7-9-20)13-21(24)23(14-18-10-12-26-16-18)15-19-5-3-4-11-22-19/h3-12,16H,2,13-15H2,1H3. The van der Waals surface area contributed by atoms with Crippen molar-refractivity contribution < 1.29 is 9.53 Å². The van der Waals surface area contributed by atoms with Gasteiger partial charge in [-0.2, -0.15) is 11.3 Å². The third-order valence-electron chi connectivity index (χ3n) is 3.97. The second kappa shape index (κ2) is 9.15. The minimum absolute atomic E-state index is 0.0889. The van der Waals surface area contributed by atoms with Gasteiger partial charge in [-0.15, -0.1) is 0 Å². The van der Waals surface area contributed by atoms with E-state index in [1.165, 1.54) is 0 Å². The molecule has 0 atom stereocenters. The van der Waals surface area contributed by atoms with Crippen LogP contribution in [0.3, 0.4) is 0 Å². The van der Waals surface area contributed by atoms with Crippen molar-refractivity contribution in [3.8, 4) is 5.75 Å². The zero-order chi connectivity index (χ0) is 18.2. The van der Waals surface area contributed by atoms with E-state index in [1.54, 1.807) is 17.5 Å². The van der Waals surface area contributed by atoms with Crippen LogP contribution in [0.4, 0.5) is 0 Å². The Morgan fingerprint density at radius 3 is 2.58 bits per heavy atom. The Bertz CT molecular complexity index is 802. The Kier molecular flexibility index (Phi) is 6.39. The summed E-state index contributed by atoms with van der Waals surface area (Å²) in [6, 6.07) is 15.6. The van der Waals surface area contributed by atoms with Gasteiger partial charge in [-0.1, -0.05) is 18.2 Å². The SMILES string of the molecule is CCOc1ccc(CC(=O)N(Cc2ccsc2)Cc2ccccn2)cc1. The Hall–Kier alpha value is -2.66. The quantitative estimate of drug-likeness (QED) is 0.596. The van der Waals surface area contributed by atoms with E-state index in [9.17, 15) is 4.79 Å². The molecule has 0 N–H and O–H groups in total. The second-order valence-electron chi connectivity index (χ2n) is 5.96. The number of hydrogen-bond donors (Lipinski definition) is 0. The fraction of sp³-hybridized carbons (Fsp3) is 0.238. The van der Waals surface area contributed by atoms with Crippen LogP contribution in [0.2, 0.25) is 0 Å². The minimum atomic E-state index is 0.0889. The maximum atomic E-state index is 12.9. The van der Waals surface area contributed by atoms with E-state index in [2.05, 4.69) is 16.4 Å². The van der Waals surface area contributed by atoms with Crippen molar-refractivity contribution in [3.05, 3.63) is 82.3 Å². The van der Waals surface area contributed by atoms with E-state index in [0.717, 1.165) is 22.6 Å². The predicted molar refractivity (Wildman–Crippen MR) is 104 cm³/mol. The summed E-state index contributed by atoms with van der Waals surface area (Å²) in [7, 11) is 0. The molecule has 4 nitrogen and oxygen atoms in total. The molecule has 1 aromatic carbocycles. The van der Waals surface area contributed by atoms with Crippen LogP contribution in [0.25, 0.3) is 0 Å². The van der Waals surface area contributed by atoms with Crippen molar-refractivity contribution in [2.75, 3.05) is 6.61 Å². The van der Waals surface area contributed by atoms with E-state index < -0.39 is 0 Å². The second-order valence-corrected chi connectivity index (χ2v) is 6.74. The number of thiophene rings is 1. The number of benzene rings is 1. The summed E-state index contributed by atoms with van der Waals surface area (Å²) in [6.45, 7) is 3.69. The molecule has 0 aliphatic rings. The van der Waals surface area contributed by atoms with Gasteiger partial charge in [-0.3, -0.25) is 9.78 Å². The van der Waals surface area contributed by atoms with Crippen molar-refractivity contribution in [2.24, 2.45) is 0 Å². The van der Waals surface area contributed by atoms with Crippen LogP contribution < -0.4 is 4.74 Å². The van der Waals surface area contributed by atoms with Crippen LogP contribution in [0.15, 0.2) is 65.5 Å². The van der Waals surface area contributed by atoms with Gasteiger partial charge in [-0.05, 0) is 59.1 Å². The Balaban J connectivity index is 1.71. The van der Waals surface area contributed by atoms with Gasteiger partial charge in [0, 0.05) is 12.7 Å². The molecular weight excluding hydrogens is 344 g/mol. The van der Waals surface area contributed by atoms with Crippen molar-refractivity contribution in [2.45, 2.75) is 26.4 Å². The zero-order valence-electron chi connectivity index (χ0n) is 14.8. The van der Waals surface area contributed by atoms with Gasteiger partial charge in [0.25, 0.3) is 0 Å². The fourth-order valence-corrected chi connectivity index (χ4v) is 3.34. The summed E-state index contributed by atoms with van der Waals surface area (Å²) in [5.74, 6) is 0.915. The highest BCUT2D eigenvalue weighted by Gasteiger charge is 2.16. The molecule has 2 aromatic heterocycles. The van der Waals surface area contributed by atoms with Crippen LogP contribution in [-0.2, 0) is 24.3 Å². The predicted octanol–water partition coefficient (Wildman–Crippen LogP) is 4.31. The summed E-state index contributed by atoms with van der Waals surface area (Å²) < 4.78 is 5.46. The number of carbonyl (C=O) groups is 1. The van der Waals surface area contributed by atoms with Crippen LogP contribution in [0, 0.1) is 0 Å². The van der Waals surface area contributed by atoms with Crippen LogP contribution in [0.1, 0.15) is 23.7 Å². The summed E-state index contributed by atoms with van der Waals surface area (Å²) in [5.41, 5.74) is 3.02. The number of carbonyl (C=O) groups excluding carboxylic acids is 1. The molecule has 134 valence electrons. The molecule has 1 amide bonds. The molecule has 0 bridgehead atoms. The monoisotopic (exact) mass is 366 g/mol. The van der Waals surface area contributed by atoms with E-state index in [4.69, 9.17) is 4.74 Å². The highest BCUT2D eigenvalue weighted by atomic mass is 32.1. The highest BCUT2D eigenvalue weighted by Crippen LogP contribution is 2.16. The molecular formula is C21H22N2O2S. The molecule has 0 aliphatic heterocycles. The van der Waals surface area contributed by atoms with Gasteiger partial charge < -0.3 is 9.64 Å². The van der Waals surface area contributed by atoms with Crippen LogP contribution in [0.5, 0.6) is 5.75 Å². The van der Waals surface area contributed by atoms with E-state index in [0.29, 0.717) is 26.1 Å². The Morgan fingerprint density at radius 2 is 1.92 bits per heavy atom. The van der Waals surface area contributed by atoms with E-state index >= 15 is 0 Å². The Morgan fingerprint density at radius 1 is 1.08 bits per heavy atom. The number of pyridine rings is 1. The number of aromatic nitrogens is 1. The molecule has 0 aliphatic carbocycles. The van der Waals surface area contributed by atoms with Gasteiger partial charge in [-0.25, -0.2) is 0 Å². The zero-order valence-corrected chi connectivity index (χ0v) is 15.6. The fourth-order valence-electron chi connectivity index (χ4n) is 2.68. The van der Waals surface area contributed by atoms with Gasteiger partial charge in [0.15, 0.2) is 0 Å². The molecule has 5 heteroatoms. The molecule has 0 unspecified atom stereocenters. The first kappa shape index (κ1) is 18.1. The lowest BCUT2D eigenvalue weighted by atomic mass is 10.1. The number of hydrogen-bond acceptors (Lipinski definition) is 4. The van der Waals surface area contributed by atoms with Crippen LogP contribution in [-0.4, -0.2) is 22.4 Å². The first-order valence-electron chi connectivity index (χ1n) is 8.65. The third kappa shape index (κ3) is 5.17. The van der Waals surface area contributed by atoms with E-state index in [1.807, 2.05) is 59.7 Å². The molecule has 2 heterocycles. The molecule has 3 rings (SSSR count). The Labute approximate surface area is 158 Å². The largest absolute Gasteiger partial charge is 0.494 e. The number of nitrogens with zero attached hydrogens (tertiary/aromatic N) is 2. The minimum Gasteiger partial charge on any atom is -0.494 e. The van der Waals surface area contributed by atoms with Crippen molar-refractivity contribution in [1.82, 2.24) is 9.88 Å². The van der Waals surface area contributed by atoms with Gasteiger partial charge >= 0.3 is 0 Å². The highest BCUT2D eigenvalue weighted by molar-refractivity contribution is 7.07. The molecule has 0 spiro atoms. The molecule has 26 heavy (non-hydrogen) atoms. The smallest absolute Gasteiger partial charge is 0.227 e. The van der Waals surface area contributed by atoms with Gasteiger partial charge in [0.05, 0.1) is 25.3 Å². The summed E-state index contributed by atoms with van der Waals surface area (Å²) in [5, 5.41) is 4.11. The lowest BCUT2D eigenvalue weighted by Crippen LogP contribution is -2.31. The maximum absolute atomic E-state index is 12.9. The summed E-state index contributed by atoms with van der Waals surface area (Å²) in [4.78, 5) is 19.1. The van der Waals surface area contributed by atoms with Crippen molar-refractivity contribution >= 4 is 17.2 Å². The topological polar surface area (TPSA) is 42.4 Å². The number of amides is 1.